The van der Waals surface area contributed by atoms with Crippen molar-refractivity contribution in [1.82, 2.24) is 4.98 Å². The van der Waals surface area contributed by atoms with Crippen molar-refractivity contribution in [2.75, 3.05) is 12.8 Å². The number of ether oxygens (including phenoxy) is 2. The van der Waals surface area contributed by atoms with Gasteiger partial charge in [0, 0.05) is 5.56 Å². The van der Waals surface area contributed by atoms with Gasteiger partial charge in [0.1, 0.15) is 35.7 Å². The monoisotopic (exact) mass is 417 g/mol. The van der Waals surface area contributed by atoms with Crippen LogP contribution in [-0.2, 0) is 6.61 Å². The Kier molecular flexibility index (Phi) is 5.85. The van der Waals surface area contributed by atoms with E-state index in [1.807, 2.05) is 30.3 Å². The zero-order chi connectivity index (χ0) is 22.5. The molecule has 0 bridgehead atoms. The Hall–Kier alpha value is -4.83. The second-order valence-corrected chi connectivity index (χ2v) is 6.27. The van der Waals surface area contributed by atoms with Crippen molar-refractivity contribution in [2.45, 2.75) is 6.61 Å². The van der Waals surface area contributed by atoms with E-state index in [2.05, 4.69) is 4.98 Å². The lowest BCUT2D eigenvalue weighted by molar-refractivity contribution is -0.384. The average Bonchev–Trinajstić information content (AvgIpc) is 2.77. The Morgan fingerprint density at radius 3 is 2.39 bits per heavy atom. The smallest absolute Gasteiger partial charge is 0.281 e. The third kappa shape index (κ3) is 3.99. The fourth-order valence-corrected chi connectivity index (χ4v) is 3.02. The Morgan fingerprint density at radius 1 is 1.13 bits per heavy atom. The van der Waals surface area contributed by atoms with E-state index >= 15 is 0 Å². The minimum Gasteiger partial charge on any atom is -0.493 e. The number of H-pyrrole nitrogens is 1. The normalized spacial score (nSPS) is 10.0. The number of nitriles is 2. The fourth-order valence-electron chi connectivity index (χ4n) is 3.02. The van der Waals surface area contributed by atoms with Crippen LogP contribution in [0.25, 0.3) is 11.1 Å². The summed E-state index contributed by atoms with van der Waals surface area (Å²) in [4.78, 5) is 25.5. The molecule has 0 atom stereocenters. The number of nitrogens with one attached hydrogen (secondary N) is 1. The Labute approximate surface area is 175 Å². The van der Waals surface area contributed by atoms with Crippen molar-refractivity contribution < 1.29 is 14.4 Å². The van der Waals surface area contributed by atoms with Gasteiger partial charge in [0.2, 0.25) is 0 Å². The van der Waals surface area contributed by atoms with E-state index in [9.17, 15) is 25.4 Å². The van der Waals surface area contributed by atoms with Crippen LogP contribution in [-0.4, -0.2) is 17.0 Å². The molecule has 154 valence electrons. The molecule has 0 spiro atoms. The summed E-state index contributed by atoms with van der Waals surface area (Å²) in [5.41, 5.74) is 4.06. The van der Waals surface area contributed by atoms with Gasteiger partial charge in [-0.25, -0.2) is 0 Å². The standard InChI is InChI=1S/C21H15N5O5/c1-30-17-8-16(26(28)29)13(7-18(17)31-11-12-5-3-2-4-6-12)19-14(9-22)20(24)25-21(27)15(19)10-23/h2-8H,11H2,1H3,(H3,24,25,27). The molecule has 0 aliphatic carbocycles. The van der Waals surface area contributed by atoms with E-state index in [0.717, 1.165) is 11.6 Å². The molecule has 31 heavy (non-hydrogen) atoms. The molecule has 0 saturated heterocycles. The maximum absolute atomic E-state index is 12.2. The van der Waals surface area contributed by atoms with Crippen molar-refractivity contribution in [3.05, 3.63) is 79.6 Å². The number of benzene rings is 2. The summed E-state index contributed by atoms with van der Waals surface area (Å²) >= 11 is 0. The lowest BCUT2D eigenvalue weighted by atomic mass is 9.95. The molecule has 3 aromatic rings. The highest BCUT2D eigenvalue weighted by Crippen LogP contribution is 2.42. The number of nitro benzene ring substituents is 1. The van der Waals surface area contributed by atoms with Crippen molar-refractivity contribution in [3.63, 3.8) is 0 Å². The summed E-state index contributed by atoms with van der Waals surface area (Å²) in [6.45, 7) is 0.127. The topological polar surface area (TPSA) is 168 Å². The number of methoxy groups -OCH3 is 1. The molecule has 0 amide bonds. The van der Waals surface area contributed by atoms with Gasteiger partial charge in [0.15, 0.2) is 11.5 Å². The first kappa shape index (κ1) is 20.9. The highest BCUT2D eigenvalue weighted by Gasteiger charge is 2.27. The number of pyridine rings is 1. The third-order valence-corrected chi connectivity index (χ3v) is 4.45. The van der Waals surface area contributed by atoms with E-state index in [1.165, 1.54) is 13.2 Å². The molecule has 0 aliphatic rings. The quantitative estimate of drug-likeness (QED) is 0.456. The summed E-state index contributed by atoms with van der Waals surface area (Å²) in [6.07, 6.45) is 0. The number of aromatic amines is 1. The zero-order valence-electron chi connectivity index (χ0n) is 16.2. The van der Waals surface area contributed by atoms with Crippen molar-refractivity contribution in [1.29, 1.82) is 10.5 Å². The van der Waals surface area contributed by atoms with Crippen LogP contribution in [0.1, 0.15) is 16.7 Å². The maximum Gasteiger partial charge on any atom is 0.281 e. The Morgan fingerprint density at radius 2 is 1.81 bits per heavy atom. The van der Waals surface area contributed by atoms with Crippen molar-refractivity contribution >= 4 is 11.5 Å². The lowest BCUT2D eigenvalue weighted by Crippen LogP contribution is -2.16. The number of hydrogen-bond donors (Lipinski definition) is 2. The molecule has 0 aliphatic heterocycles. The predicted octanol–water partition coefficient (Wildman–Crippen LogP) is 2.86. The first-order valence-corrected chi connectivity index (χ1v) is 8.80. The van der Waals surface area contributed by atoms with Gasteiger partial charge in [0.05, 0.1) is 23.7 Å². The number of nitrogens with zero attached hydrogens (tertiary/aromatic N) is 3. The highest BCUT2D eigenvalue weighted by atomic mass is 16.6. The Balaban J connectivity index is 2.28. The van der Waals surface area contributed by atoms with Gasteiger partial charge in [-0.1, -0.05) is 30.3 Å². The van der Waals surface area contributed by atoms with Gasteiger partial charge < -0.3 is 20.2 Å². The van der Waals surface area contributed by atoms with Crippen LogP contribution in [0.4, 0.5) is 11.5 Å². The summed E-state index contributed by atoms with van der Waals surface area (Å²) in [5, 5.41) is 30.8. The van der Waals surface area contributed by atoms with E-state index in [4.69, 9.17) is 15.2 Å². The van der Waals surface area contributed by atoms with E-state index in [-0.39, 0.29) is 40.6 Å². The van der Waals surface area contributed by atoms with Crippen LogP contribution in [0.15, 0.2) is 47.3 Å². The van der Waals surface area contributed by atoms with Gasteiger partial charge in [-0.3, -0.25) is 14.9 Å². The number of aromatic nitrogens is 1. The Bertz CT molecular complexity index is 1300. The molecule has 10 heteroatoms. The zero-order valence-corrected chi connectivity index (χ0v) is 16.2. The van der Waals surface area contributed by atoms with E-state index in [0.29, 0.717) is 0 Å². The summed E-state index contributed by atoms with van der Waals surface area (Å²) in [6, 6.07) is 15.0. The van der Waals surface area contributed by atoms with Gasteiger partial charge >= 0.3 is 0 Å². The predicted molar refractivity (Wildman–Crippen MR) is 110 cm³/mol. The van der Waals surface area contributed by atoms with Gasteiger partial charge in [0.25, 0.3) is 11.2 Å². The molecule has 2 aromatic carbocycles. The average molecular weight is 417 g/mol. The van der Waals surface area contributed by atoms with E-state index in [1.54, 1.807) is 12.1 Å². The number of nitrogen functional groups attached to an aromatic ring is 1. The third-order valence-electron chi connectivity index (χ3n) is 4.45. The molecule has 0 fully saturated rings. The van der Waals surface area contributed by atoms with Gasteiger partial charge in [-0.2, -0.15) is 10.5 Å². The molecule has 3 rings (SSSR count). The molecule has 3 N–H and O–H groups in total. The number of nitrogens with two attached hydrogens (primary N) is 1. The minimum atomic E-state index is -0.870. The van der Waals surface area contributed by atoms with Crippen LogP contribution in [0.3, 0.4) is 0 Å². The molecule has 1 heterocycles. The second-order valence-electron chi connectivity index (χ2n) is 6.27. The van der Waals surface area contributed by atoms with Gasteiger partial charge in [-0.15, -0.1) is 0 Å². The molecular formula is C21H15N5O5. The van der Waals surface area contributed by atoms with Crippen LogP contribution in [0.5, 0.6) is 11.5 Å². The van der Waals surface area contributed by atoms with Crippen LogP contribution < -0.4 is 20.8 Å². The second kappa shape index (κ2) is 8.68. The molecule has 10 nitrogen and oxygen atoms in total. The number of nitro groups is 1. The molecule has 1 aromatic heterocycles. The minimum absolute atomic E-state index is 0.0706. The number of hydrogen-bond acceptors (Lipinski definition) is 8. The molecular weight excluding hydrogens is 402 g/mol. The van der Waals surface area contributed by atoms with Crippen molar-refractivity contribution in [2.24, 2.45) is 0 Å². The van der Waals surface area contributed by atoms with Gasteiger partial charge in [-0.05, 0) is 11.6 Å². The molecule has 0 unspecified atom stereocenters. The number of rotatable bonds is 6. The number of anilines is 1. The SMILES string of the molecule is COc1cc([N+](=O)[O-])c(-c2c(C#N)c(N)[nH]c(=O)c2C#N)cc1OCc1ccccc1. The maximum atomic E-state index is 12.2. The fraction of sp³-hybridized carbons (Fsp3) is 0.0952. The highest BCUT2D eigenvalue weighted by molar-refractivity contribution is 5.86. The van der Waals surface area contributed by atoms with E-state index < -0.39 is 21.7 Å². The van der Waals surface area contributed by atoms with Crippen molar-refractivity contribution in [3.8, 4) is 34.8 Å². The molecule has 0 radical (unpaired) electrons. The van der Waals surface area contributed by atoms with Crippen LogP contribution >= 0.6 is 0 Å². The first-order valence-electron chi connectivity index (χ1n) is 8.80. The summed E-state index contributed by atoms with van der Waals surface area (Å²) in [7, 11) is 1.32. The first-order chi connectivity index (χ1) is 14.9. The lowest BCUT2D eigenvalue weighted by Gasteiger charge is -2.15. The van der Waals surface area contributed by atoms with Crippen LogP contribution in [0.2, 0.25) is 0 Å². The van der Waals surface area contributed by atoms with Crippen LogP contribution in [0, 0.1) is 32.8 Å². The summed E-state index contributed by atoms with van der Waals surface area (Å²) < 4.78 is 11.0. The largest absolute Gasteiger partial charge is 0.493 e. The summed E-state index contributed by atoms with van der Waals surface area (Å²) in [5.74, 6) is -0.113. The molecule has 0 saturated carbocycles.